The molecule has 37 heavy (non-hydrogen) atoms. The van der Waals surface area contributed by atoms with Crippen molar-refractivity contribution < 1.29 is 29.0 Å². The van der Waals surface area contributed by atoms with E-state index in [1.165, 1.54) is 17.9 Å². The molecule has 2 aliphatic carbocycles. The predicted octanol–water partition coefficient (Wildman–Crippen LogP) is 2.91. The number of hydrogen-bond acceptors (Lipinski definition) is 7. The summed E-state index contributed by atoms with van der Waals surface area (Å²) in [7, 11) is 1.54. The molecule has 4 bridgehead atoms. The van der Waals surface area contributed by atoms with E-state index < -0.39 is 5.41 Å². The van der Waals surface area contributed by atoms with Gasteiger partial charge < -0.3 is 14.6 Å². The number of fused-ring (bicyclic) bond motifs is 3. The van der Waals surface area contributed by atoms with Crippen molar-refractivity contribution in [1.82, 2.24) is 0 Å². The largest absolute Gasteiger partial charge is 0.462 e. The lowest BCUT2D eigenvalue weighted by atomic mass is 9.70. The molecule has 8 nitrogen and oxygen atoms in total. The van der Waals surface area contributed by atoms with Crippen LogP contribution in [0.4, 0.5) is 5.69 Å². The Hall–Kier alpha value is -2.29. The highest BCUT2D eigenvalue weighted by Crippen LogP contribution is 2.57. The lowest BCUT2D eigenvalue weighted by molar-refractivity contribution is -0.145. The summed E-state index contributed by atoms with van der Waals surface area (Å²) in [5.41, 5.74) is 2.18. The van der Waals surface area contributed by atoms with Crippen molar-refractivity contribution in [3.8, 4) is 0 Å². The topological polar surface area (TPSA) is 97.7 Å². The van der Waals surface area contributed by atoms with Crippen LogP contribution in [0.5, 0.6) is 0 Å². The van der Waals surface area contributed by atoms with E-state index in [2.05, 4.69) is 13.8 Å². The summed E-state index contributed by atoms with van der Waals surface area (Å²) in [6.07, 6.45) is 2.61. The van der Waals surface area contributed by atoms with Crippen LogP contribution < -0.4 is 5.06 Å². The number of hydroxylamine groups is 1. The number of amides is 1. The molecule has 5 fully saturated rings. The van der Waals surface area contributed by atoms with Crippen molar-refractivity contribution in [2.24, 2.45) is 46.4 Å². The summed E-state index contributed by atoms with van der Waals surface area (Å²) < 4.78 is 12.2. The van der Waals surface area contributed by atoms with Gasteiger partial charge in [0.05, 0.1) is 37.5 Å². The minimum Gasteiger partial charge on any atom is -0.462 e. The molecule has 1 spiro atoms. The van der Waals surface area contributed by atoms with Gasteiger partial charge in [0.2, 0.25) is 0 Å². The Morgan fingerprint density at radius 1 is 1.27 bits per heavy atom. The molecule has 198 valence electrons. The number of aliphatic hydroxyl groups excluding tert-OH is 1. The summed E-state index contributed by atoms with van der Waals surface area (Å²) in [6.45, 7) is 5.05. The number of aliphatic imine (C=N–C) groups is 1. The van der Waals surface area contributed by atoms with Gasteiger partial charge in [0, 0.05) is 30.1 Å². The number of benzene rings is 1. The van der Waals surface area contributed by atoms with Gasteiger partial charge in [-0.05, 0) is 55.1 Å². The SMILES string of the molecule is CON1C(=O)[C@@]2(C[C@@H]3N=C([C@H](C)C[C@@H]4C(=O)O[C@@H]5C[C@H](C)[C@@H](CO)[C@H]45)[C@H]4C[C@H]2OC[C@@H]34)c2ccccc21. The standard InChI is InChI=1S/C29H36N2O6/c1-14-9-23-25(18(14)12-32)17(27(33)37-23)8-15(2)26-16-10-24-29(11-21(30-26)19(16)13-36-24)20-6-4-5-7-22(20)31(35-3)28(29)34/h4-7,14-19,21,23-25,32H,8-13H2,1-3H3/t14-,15+,16-,17-,18+,19+,21-,23+,24+,25-,29-/m0/s1. The zero-order chi connectivity index (χ0) is 25.6. The first-order chi connectivity index (χ1) is 17.9. The third-order valence-corrected chi connectivity index (χ3v) is 10.7. The normalized spacial score (nSPS) is 44.2. The first-order valence-corrected chi connectivity index (χ1v) is 13.9. The fraction of sp³-hybridized carbons (Fsp3) is 0.690. The summed E-state index contributed by atoms with van der Waals surface area (Å²) in [6, 6.07) is 7.90. The van der Waals surface area contributed by atoms with Crippen LogP contribution in [0, 0.1) is 41.4 Å². The number of para-hydroxylation sites is 1. The van der Waals surface area contributed by atoms with Gasteiger partial charge in [-0.3, -0.25) is 19.4 Å². The van der Waals surface area contributed by atoms with Crippen molar-refractivity contribution in [3.05, 3.63) is 29.8 Å². The quantitative estimate of drug-likeness (QED) is 0.615. The van der Waals surface area contributed by atoms with E-state index in [1.807, 2.05) is 24.3 Å². The molecule has 0 aromatic heterocycles. The molecule has 1 amide bonds. The van der Waals surface area contributed by atoms with Crippen LogP contribution in [0.15, 0.2) is 29.3 Å². The van der Waals surface area contributed by atoms with Crippen LogP contribution in [0.2, 0.25) is 0 Å². The number of rotatable bonds is 5. The summed E-state index contributed by atoms with van der Waals surface area (Å²) in [5.74, 6) is 0.859. The van der Waals surface area contributed by atoms with Crippen molar-refractivity contribution in [3.63, 3.8) is 0 Å². The van der Waals surface area contributed by atoms with E-state index >= 15 is 0 Å². The highest BCUT2D eigenvalue weighted by Gasteiger charge is 2.65. The number of ether oxygens (including phenoxy) is 2. The van der Waals surface area contributed by atoms with Gasteiger partial charge in [-0.25, -0.2) is 0 Å². The van der Waals surface area contributed by atoms with Crippen LogP contribution >= 0.6 is 0 Å². The lowest BCUT2D eigenvalue weighted by Gasteiger charge is -2.39. The van der Waals surface area contributed by atoms with E-state index in [0.29, 0.717) is 25.4 Å². The van der Waals surface area contributed by atoms with E-state index in [-0.39, 0.29) is 72.2 Å². The second-order valence-electron chi connectivity index (χ2n) is 12.3. The second kappa shape index (κ2) is 8.35. The van der Waals surface area contributed by atoms with Crippen LogP contribution in [0.25, 0.3) is 0 Å². The Kier molecular flexibility index (Phi) is 5.37. The molecule has 1 aromatic carbocycles. The molecule has 3 saturated heterocycles. The number of hydrogen-bond donors (Lipinski definition) is 1. The average Bonchev–Trinajstić information content (AvgIpc) is 3.50. The maximum Gasteiger partial charge on any atom is 0.309 e. The lowest BCUT2D eigenvalue weighted by Crippen LogP contribution is -2.51. The van der Waals surface area contributed by atoms with Crippen LogP contribution in [0.1, 0.15) is 45.1 Å². The van der Waals surface area contributed by atoms with E-state index in [1.54, 1.807) is 0 Å². The Morgan fingerprint density at radius 3 is 2.86 bits per heavy atom. The summed E-state index contributed by atoms with van der Waals surface area (Å²) in [5, 5.41) is 11.5. The molecular formula is C29H36N2O6. The van der Waals surface area contributed by atoms with Crippen molar-refractivity contribution in [2.75, 3.05) is 25.4 Å². The molecule has 8 heteroatoms. The van der Waals surface area contributed by atoms with Gasteiger partial charge >= 0.3 is 5.97 Å². The van der Waals surface area contributed by atoms with Gasteiger partial charge in [0.25, 0.3) is 5.91 Å². The molecule has 8 rings (SSSR count). The molecule has 0 unspecified atom stereocenters. The van der Waals surface area contributed by atoms with Crippen LogP contribution in [-0.2, 0) is 29.3 Å². The fourth-order valence-corrected chi connectivity index (χ4v) is 9.03. The van der Waals surface area contributed by atoms with Crippen LogP contribution in [0.3, 0.4) is 0 Å². The highest BCUT2D eigenvalue weighted by molar-refractivity contribution is 6.07. The van der Waals surface area contributed by atoms with Crippen molar-refractivity contribution >= 4 is 23.3 Å². The van der Waals surface area contributed by atoms with Crippen LogP contribution in [-0.4, -0.2) is 61.3 Å². The number of carbonyl (C=O) groups excluding carboxylic acids is 2. The second-order valence-corrected chi connectivity index (χ2v) is 12.3. The average molecular weight is 509 g/mol. The van der Waals surface area contributed by atoms with E-state index in [9.17, 15) is 14.7 Å². The van der Waals surface area contributed by atoms with Gasteiger partial charge in [-0.1, -0.05) is 32.0 Å². The maximum absolute atomic E-state index is 13.9. The minimum absolute atomic E-state index is 0.00346. The molecule has 5 aliphatic heterocycles. The monoisotopic (exact) mass is 508 g/mol. The van der Waals surface area contributed by atoms with Gasteiger partial charge in [0.15, 0.2) is 0 Å². The molecule has 11 atom stereocenters. The zero-order valence-electron chi connectivity index (χ0n) is 21.7. The molecule has 5 heterocycles. The molecule has 1 N–H and O–H groups in total. The van der Waals surface area contributed by atoms with Gasteiger partial charge in [-0.2, -0.15) is 5.06 Å². The molecule has 7 aliphatic rings. The molecule has 0 radical (unpaired) electrons. The molecule has 2 saturated carbocycles. The Labute approximate surface area is 217 Å². The van der Waals surface area contributed by atoms with Crippen molar-refractivity contribution in [1.29, 1.82) is 0 Å². The Morgan fingerprint density at radius 2 is 2.08 bits per heavy atom. The zero-order valence-corrected chi connectivity index (χ0v) is 21.7. The maximum atomic E-state index is 13.9. The predicted molar refractivity (Wildman–Crippen MR) is 135 cm³/mol. The highest BCUT2D eigenvalue weighted by atomic mass is 16.7. The smallest absolute Gasteiger partial charge is 0.309 e. The summed E-state index contributed by atoms with van der Waals surface area (Å²) >= 11 is 0. The van der Waals surface area contributed by atoms with E-state index in [4.69, 9.17) is 19.3 Å². The number of esters is 1. The Bertz CT molecular complexity index is 1170. The number of carbonyl (C=O) groups is 2. The number of anilines is 1. The van der Waals surface area contributed by atoms with Crippen molar-refractivity contribution in [2.45, 2.75) is 63.2 Å². The Balaban J connectivity index is 1.18. The van der Waals surface area contributed by atoms with Gasteiger partial charge in [-0.15, -0.1) is 0 Å². The summed E-state index contributed by atoms with van der Waals surface area (Å²) in [4.78, 5) is 37.6. The first kappa shape index (κ1) is 23.8. The number of aliphatic hydroxyl groups is 1. The van der Waals surface area contributed by atoms with E-state index in [0.717, 1.165) is 24.1 Å². The first-order valence-electron chi connectivity index (χ1n) is 13.9. The molecule has 1 aromatic rings. The third-order valence-electron chi connectivity index (χ3n) is 10.7. The minimum atomic E-state index is -0.782. The number of nitrogens with zero attached hydrogens (tertiary/aromatic N) is 2. The fourth-order valence-electron chi connectivity index (χ4n) is 9.03. The van der Waals surface area contributed by atoms with Gasteiger partial charge in [0.1, 0.15) is 11.5 Å². The third kappa shape index (κ3) is 3.09. The molecular weight excluding hydrogens is 472 g/mol.